The molecule has 2 amide bonds. The Morgan fingerprint density at radius 3 is 2.24 bits per heavy atom. The van der Waals surface area contributed by atoms with Gasteiger partial charge in [0.2, 0.25) is 23.5 Å². The molecule has 2 heterocycles. The fourth-order valence-electron chi connectivity index (χ4n) is 2.16. The zero-order valence-electron chi connectivity index (χ0n) is 12.3. The van der Waals surface area contributed by atoms with Gasteiger partial charge in [0.05, 0.1) is 6.54 Å². The van der Waals surface area contributed by atoms with Crippen LogP contribution in [0.2, 0.25) is 0 Å². The summed E-state index contributed by atoms with van der Waals surface area (Å²) in [5, 5.41) is 12.1. The topological polar surface area (TPSA) is 104 Å². The minimum atomic E-state index is -0.308. The Bertz CT molecular complexity index is 495. The molecule has 9 nitrogen and oxygen atoms in total. The number of rotatable bonds is 5. The molecule has 1 aromatic heterocycles. The second-order valence-corrected chi connectivity index (χ2v) is 4.90. The first-order valence-corrected chi connectivity index (χ1v) is 6.93. The van der Waals surface area contributed by atoms with E-state index in [1.165, 1.54) is 6.92 Å². The zero-order valence-corrected chi connectivity index (χ0v) is 12.3. The molecule has 0 spiro atoms. The van der Waals surface area contributed by atoms with Gasteiger partial charge in [-0.3, -0.25) is 14.5 Å². The van der Waals surface area contributed by atoms with Crippen LogP contribution in [0.5, 0.6) is 0 Å². The van der Waals surface area contributed by atoms with Crippen LogP contribution in [0.1, 0.15) is 13.8 Å². The smallest absolute Gasteiger partial charge is 0.239 e. The molecule has 1 saturated heterocycles. The van der Waals surface area contributed by atoms with Gasteiger partial charge in [-0.2, -0.15) is 0 Å². The van der Waals surface area contributed by atoms with Crippen molar-refractivity contribution >= 4 is 23.5 Å². The van der Waals surface area contributed by atoms with Crippen molar-refractivity contribution in [1.82, 2.24) is 20.1 Å². The number of nitrogens with zero attached hydrogens (tertiary/aromatic N) is 4. The third-order valence-corrected chi connectivity index (χ3v) is 3.32. The summed E-state index contributed by atoms with van der Waals surface area (Å²) < 4.78 is 4.52. The highest BCUT2D eigenvalue weighted by atomic mass is 16.6. The molecule has 2 rings (SSSR count). The first kappa shape index (κ1) is 15.4. The van der Waals surface area contributed by atoms with Gasteiger partial charge in [0.25, 0.3) is 0 Å². The fourth-order valence-corrected chi connectivity index (χ4v) is 2.16. The molecule has 0 unspecified atom stereocenters. The third-order valence-electron chi connectivity index (χ3n) is 3.32. The van der Waals surface area contributed by atoms with Crippen LogP contribution in [-0.2, 0) is 9.59 Å². The normalized spacial score (nSPS) is 16.7. The molecule has 0 bridgehead atoms. The number of carbonyl (C=O) groups excluding carboxylic acids is 2. The van der Waals surface area contributed by atoms with Crippen molar-refractivity contribution in [2.75, 3.05) is 49.9 Å². The van der Waals surface area contributed by atoms with E-state index < -0.39 is 0 Å². The Hall–Kier alpha value is -2.00. The van der Waals surface area contributed by atoms with Crippen molar-refractivity contribution in [3.63, 3.8) is 0 Å². The van der Waals surface area contributed by atoms with Gasteiger partial charge >= 0.3 is 0 Å². The Morgan fingerprint density at radius 2 is 1.67 bits per heavy atom. The van der Waals surface area contributed by atoms with E-state index >= 15 is 0 Å². The van der Waals surface area contributed by atoms with Crippen LogP contribution in [0, 0.1) is 0 Å². The summed E-state index contributed by atoms with van der Waals surface area (Å²) in [7, 11) is 0. The summed E-state index contributed by atoms with van der Waals surface area (Å²) >= 11 is 0. The van der Waals surface area contributed by atoms with Crippen molar-refractivity contribution < 1.29 is 14.2 Å². The molecule has 0 aromatic carbocycles. The molecule has 1 aliphatic rings. The van der Waals surface area contributed by atoms with Crippen molar-refractivity contribution in [3.8, 4) is 0 Å². The van der Waals surface area contributed by atoms with Crippen LogP contribution in [0.3, 0.4) is 0 Å². The molecule has 0 atom stereocenters. The maximum Gasteiger partial charge on any atom is 0.239 e. The van der Waals surface area contributed by atoms with E-state index in [1.54, 1.807) is 0 Å². The maximum absolute atomic E-state index is 12.0. The molecule has 1 aromatic rings. The van der Waals surface area contributed by atoms with E-state index in [4.69, 9.17) is 0 Å². The Kier molecular flexibility index (Phi) is 5.23. The van der Waals surface area contributed by atoms with E-state index in [-0.39, 0.29) is 30.0 Å². The summed E-state index contributed by atoms with van der Waals surface area (Å²) in [5.41, 5.74) is 0. The average Bonchev–Trinajstić information content (AvgIpc) is 2.86. The van der Waals surface area contributed by atoms with Crippen molar-refractivity contribution in [3.05, 3.63) is 0 Å². The number of hydrogen-bond acceptors (Lipinski definition) is 7. The average molecular weight is 296 g/mol. The molecule has 21 heavy (non-hydrogen) atoms. The molecular weight excluding hydrogens is 276 g/mol. The first-order valence-electron chi connectivity index (χ1n) is 6.93. The van der Waals surface area contributed by atoms with Crippen LogP contribution in [0.15, 0.2) is 4.63 Å². The highest BCUT2D eigenvalue weighted by molar-refractivity contribution is 5.97. The summed E-state index contributed by atoms with van der Waals surface area (Å²) in [6, 6.07) is 0. The molecule has 1 fully saturated rings. The molecular formula is C12H20N6O3. The van der Waals surface area contributed by atoms with Gasteiger partial charge in [-0.05, 0) is 16.9 Å². The summed E-state index contributed by atoms with van der Waals surface area (Å²) in [5.74, 6) is -0.270. The van der Waals surface area contributed by atoms with Crippen LogP contribution in [0.25, 0.3) is 0 Å². The zero-order chi connectivity index (χ0) is 15.2. The monoisotopic (exact) mass is 296 g/mol. The summed E-state index contributed by atoms with van der Waals surface area (Å²) in [4.78, 5) is 27.4. The van der Waals surface area contributed by atoms with E-state index in [0.717, 1.165) is 32.7 Å². The quantitative estimate of drug-likeness (QED) is 0.762. The Morgan fingerprint density at radius 1 is 1.10 bits per heavy atom. The lowest BCUT2D eigenvalue weighted by Gasteiger charge is -2.33. The molecule has 116 valence electrons. The van der Waals surface area contributed by atoms with Crippen LogP contribution in [-0.4, -0.2) is 71.2 Å². The number of hydrogen-bond donors (Lipinski definition) is 2. The van der Waals surface area contributed by atoms with Gasteiger partial charge in [-0.1, -0.05) is 6.92 Å². The number of anilines is 2. The lowest BCUT2D eigenvalue weighted by Crippen LogP contribution is -2.48. The minimum Gasteiger partial charge on any atom is -0.305 e. The molecule has 1 aliphatic heterocycles. The largest absolute Gasteiger partial charge is 0.305 e. The van der Waals surface area contributed by atoms with Gasteiger partial charge in [-0.15, -0.1) is 0 Å². The van der Waals surface area contributed by atoms with Crippen LogP contribution >= 0.6 is 0 Å². The number of piperazine rings is 1. The van der Waals surface area contributed by atoms with Gasteiger partial charge < -0.3 is 15.5 Å². The van der Waals surface area contributed by atoms with Gasteiger partial charge in [0.1, 0.15) is 0 Å². The lowest BCUT2D eigenvalue weighted by atomic mass is 10.3. The maximum atomic E-state index is 12.0. The van der Waals surface area contributed by atoms with E-state index in [1.807, 2.05) is 0 Å². The Balaban J connectivity index is 1.82. The van der Waals surface area contributed by atoms with Crippen molar-refractivity contribution in [2.45, 2.75) is 13.8 Å². The van der Waals surface area contributed by atoms with Gasteiger partial charge in [-0.25, -0.2) is 4.63 Å². The van der Waals surface area contributed by atoms with E-state index in [0.29, 0.717) is 0 Å². The van der Waals surface area contributed by atoms with Crippen molar-refractivity contribution in [1.29, 1.82) is 0 Å². The minimum absolute atomic E-state index is 0.117. The fraction of sp³-hybridized carbons (Fsp3) is 0.667. The number of aromatic nitrogens is 2. The standard InChI is InChI=1S/C12H20N6O3/c1-3-17-4-6-18(7-5-17)8-10(20)14-12-11(13-9(2)19)15-21-16-12/h3-8H2,1-2H3,(H,13,15,19)(H,14,16,20). The molecule has 2 N–H and O–H groups in total. The summed E-state index contributed by atoms with van der Waals surface area (Å²) in [6.07, 6.45) is 0. The molecule has 0 radical (unpaired) electrons. The van der Waals surface area contributed by atoms with Crippen molar-refractivity contribution in [2.24, 2.45) is 0 Å². The van der Waals surface area contributed by atoms with Crippen LogP contribution < -0.4 is 10.6 Å². The summed E-state index contributed by atoms with van der Waals surface area (Å²) in [6.45, 7) is 8.43. The second kappa shape index (κ2) is 7.14. The molecule has 9 heteroatoms. The highest BCUT2D eigenvalue weighted by Gasteiger charge is 2.20. The third kappa shape index (κ3) is 4.50. The number of likely N-dealkylation sites (N-methyl/N-ethyl adjacent to an activating group) is 1. The SMILES string of the molecule is CCN1CCN(CC(=O)Nc2nonc2NC(C)=O)CC1. The van der Waals surface area contributed by atoms with E-state index in [2.05, 4.69) is 42.3 Å². The lowest BCUT2D eigenvalue weighted by molar-refractivity contribution is -0.118. The van der Waals surface area contributed by atoms with E-state index in [9.17, 15) is 9.59 Å². The number of carbonyl (C=O) groups is 2. The predicted octanol–water partition coefficient (Wildman–Crippen LogP) is -0.396. The molecule has 0 aliphatic carbocycles. The second-order valence-electron chi connectivity index (χ2n) is 4.90. The number of nitrogens with one attached hydrogen (secondary N) is 2. The number of amides is 2. The molecule has 0 saturated carbocycles. The Labute approximate surface area is 122 Å². The van der Waals surface area contributed by atoms with Crippen LogP contribution in [0.4, 0.5) is 11.6 Å². The highest BCUT2D eigenvalue weighted by Crippen LogP contribution is 2.15. The van der Waals surface area contributed by atoms with Gasteiger partial charge in [0, 0.05) is 33.1 Å². The first-order chi connectivity index (χ1) is 10.1. The predicted molar refractivity (Wildman–Crippen MR) is 75.8 cm³/mol. The van der Waals surface area contributed by atoms with Gasteiger partial charge in [0.15, 0.2) is 0 Å².